The maximum Gasteiger partial charge on any atom is 0.264 e. The van der Waals surface area contributed by atoms with E-state index in [1.807, 2.05) is 0 Å². The Morgan fingerprint density at radius 3 is 2.76 bits per heavy atom. The van der Waals surface area contributed by atoms with Gasteiger partial charge in [0.15, 0.2) is 0 Å². The van der Waals surface area contributed by atoms with E-state index in [-0.39, 0.29) is 18.0 Å². The molecule has 0 atom stereocenters. The lowest BCUT2D eigenvalue weighted by atomic mass is 10.2. The maximum atomic E-state index is 11.7. The van der Waals surface area contributed by atoms with Crippen molar-refractivity contribution in [3.63, 3.8) is 0 Å². The number of amides is 1. The van der Waals surface area contributed by atoms with Crippen LogP contribution >= 0.6 is 11.6 Å². The lowest BCUT2D eigenvalue weighted by molar-refractivity contribution is 0.0950. The average molecular weight is 252 g/mol. The van der Waals surface area contributed by atoms with Gasteiger partial charge in [0.1, 0.15) is 0 Å². The first-order chi connectivity index (χ1) is 8.15. The molecule has 2 rings (SSSR count). The van der Waals surface area contributed by atoms with Crippen molar-refractivity contribution in [1.29, 1.82) is 0 Å². The summed E-state index contributed by atoms with van der Waals surface area (Å²) in [7, 11) is 0. The van der Waals surface area contributed by atoms with Crippen molar-refractivity contribution >= 4 is 17.5 Å². The summed E-state index contributed by atoms with van der Waals surface area (Å²) in [5.74, 6) is -0.241. The van der Waals surface area contributed by atoms with Crippen LogP contribution in [0.4, 0.5) is 0 Å². The van der Waals surface area contributed by atoms with Crippen LogP contribution in [0.25, 0.3) is 0 Å². The van der Waals surface area contributed by atoms with Crippen molar-refractivity contribution < 1.29 is 4.79 Å². The van der Waals surface area contributed by atoms with Gasteiger partial charge in [0, 0.05) is 16.7 Å². The second-order valence-corrected chi connectivity index (χ2v) is 3.91. The number of nitrogens with one attached hydrogen (secondary N) is 3. The van der Waals surface area contributed by atoms with Crippen LogP contribution in [0.3, 0.4) is 0 Å². The third kappa shape index (κ3) is 2.98. The summed E-state index contributed by atoms with van der Waals surface area (Å²) >= 11 is 5.78. The Kier molecular flexibility index (Phi) is 3.30. The van der Waals surface area contributed by atoms with Crippen LogP contribution in [0.15, 0.2) is 35.1 Å². The van der Waals surface area contributed by atoms with Crippen LogP contribution in [0.1, 0.15) is 16.1 Å². The molecule has 88 valence electrons. The molecule has 3 N–H and O–H groups in total. The minimum absolute atomic E-state index is 0.225. The molecule has 17 heavy (non-hydrogen) atoms. The summed E-state index contributed by atoms with van der Waals surface area (Å²) in [5, 5.41) is 8.21. The zero-order valence-electron chi connectivity index (χ0n) is 8.79. The van der Waals surface area contributed by atoms with E-state index in [0.717, 1.165) is 0 Å². The number of aromatic nitrogens is 2. The molecule has 5 nitrogen and oxygen atoms in total. The molecule has 1 aromatic heterocycles. The predicted molar refractivity (Wildman–Crippen MR) is 64.0 cm³/mol. The van der Waals surface area contributed by atoms with Gasteiger partial charge in [-0.05, 0) is 18.2 Å². The third-order valence-corrected chi connectivity index (χ3v) is 2.41. The van der Waals surface area contributed by atoms with E-state index in [1.165, 1.54) is 6.07 Å². The normalized spacial score (nSPS) is 10.2. The standard InChI is InChI=1S/C11H10ClN3O2/c12-8-3-1-2-7(4-8)11(17)13-6-9-5-10(16)15-14-9/h1-5H,6H2,(H,13,17)(H2,14,15,16). The Morgan fingerprint density at radius 1 is 1.29 bits per heavy atom. The fourth-order valence-corrected chi connectivity index (χ4v) is 1.57. The van der Waals surface area contributed by atoms with Gasteiger partial charge in [-0.3, -0.25) is 14.7 Å². The lowest BCUT2D eigenvalue weighted by Crippen LogP contribution is -2.22. The third-order valence-electron chi connectivity index (χ3n) is 2.18. The highest BCUT2D eigenvalue weighted by molar-refractivity contribution is 6.30. The smallest absolute Gasteiger partial charge is 0.264 e. The summed E-state index contributed by atoms with van der Waals surface area (Å²) in [6.45, 7) is 0.254. The van der Waals surface area contributed by atoms with Crippen molar-refractivity contribution in [3.8, 4) is 0 Å². The maximum absolute atomic E-state index is 11.7. The Bertz CT molecular complexity index is 588. The van der Waals surface area contributed by atoms with Crippen LogP contribution in [0.5, 0.6) is 0 Å². The van der Waals surface area contributed by atoms with E-state index in [4.69, 9.17) is 11.6 Å². The van der Waals surface area contributed by atoms with Gasteiger partial charge >= 0.3 is 0 Å². The molecular weight excluding hydrogens is 242 g/mol. The number of hydrogen-bond acceptors (Lipinski definition) is 2. The fraction of sp³-hybridized carbons (Fsp3) is 0.0909. The van der Waals surface area contributed by atoms with Crippen molar-refractivity contribution in [3.05, 3.63) is 57.0 Å². The highest BCUT2D eigenvalue weighted by atomic mass is 35.5. The monoisotopic (exact) mass is 251 g/mol. The zero-order valence-corrected chi connectivity index (χ0v) is 9.54. The van der Waals surface area contributed by atoms with Gasteiger partial charge in [0.25, 0.3) is 11.5 Å². The van der Waals surface area contributed by atoms with Gasteiger partial charge in [-0.1, -0.05) is 17.7 Å². The van der Waals surface area contributed by atoms with Gasteiger partial charge in [-0.15, -0.1) is 0 Å². The Hall–Kier alpha value is -2.01. The van der Waals surface area contributed by atoms with E-state index < -0.39 is 0 Å². The Balaban J connectivity index is 2.00. The van der Waals surface area contributed by atoms with E-state index in [0.29, 0.717) is 16.3 Å². The summed E-state index contributed by atoms with van der Waals surface area (Å²) in [6, 6.07) is 8.04. The number of halogens is 1. The van der Waals surface area contributed by atoms with Crippen molar-refractivity contribution in [2.24, 2.45) is 0 Å². The first-order valence-electron chi connectivity index (χ1n) is 4.95. The van der Waals surface area contributed by atoms with Gasteiger partial charge < -0.3 is 10.4 Å². The molecule has 1 amide bonds. The molecule has 0 saturated carbocycles. The average Bonchev–Trinajstić information content (AvgIpc) is 2.72. The van der Waals surface area contributed by atoms with Gasteiger partial charge in [-0.2, -0.15) is 0 Å². The molecule has 0 spiro atoms. The molecular formula is C11H10ClN3O2. The number of rotatable bonds is 3. The van der Waals surface area contributed by atoms with E-state index in [1.54, 1.807) is 24.3 Å². The largest absolute Gasteiger partial charge is 0.346 e. The molecule has 2 aromatic rings. The molecule has 0 aliphatic heterocycles. The van der Waals surface area contributed by atoms with Gasteiger partial charge in [0.2, 0.25) is 0 Å². The number of benzene rings is 1. The topological polar surface area (TPSA) is 77.8 Å². The number of H-pyrrole nitrogens is 2. The zero-order chi connectivity index (χ0) is 12.3. The molecule has 1 aromatic carbocycles. The molecule has 0 bridgehead atoms. The quantitative estimate of drug-likeness (QED) is 0.769. The van der Waals surface area contributed by atoms with Crippen LogP contribution in [-0.2, 0) is 6.54 Å². The molecule has 6 heteroatoms. The fourth-order valence-electron chi connectivity index (χ4n) is 1.37. The summed E-state index contributed by atoms with van der Waals surface area (Å²) < 4.78 is 0. The minimum atomic E-state index is -0.241. The predicted octanol–water partition coefficient (Wildman–Crippen LogP) is 1.29. The highest BCUT2D eigenvalue weighted by Crippen LogP contribution is 2.10. The molecule has 0 radical (unpaired) electrons. The minimum Gasteiger partial charge on any atom is -0.346 e. The van der Waals surface area contributed by atoms with Crippen LogP contribution in [0, 0.1) is 0 Å². The van der Waals surface area contributed by atoms with Crippen LogP contribution in [0.2, 0.25) is 5.02 Å². The van der Waals surface area contributed by atoms with Crippen LogP contribution in [-0.4, -0.2) is 16.1 Å². The lowest BCUT2D eigenvalue weighted by Gasteiger charge is -2.03. The molecule has 0 unspecified atom stereocenters. The molecule has 1 heterocycles. The summed E-state index contributed by atoms with van der Waals surface area (Å²) in [4.78, 5) is 22.5. The SMILES string of the molecule is O=C(NCc1cc(=O)[nH][nH]1)c1cccc(Cl)c1. The molecule has 0 fully saturated rings. The van der Waals surface area contributed by atoms with Crippen molar-refractivity contribution in [2.75, 3.05) is 0 Å². The van der Waals surface area contributed by atoms with E-state index >= 15 is 0 Å². The van der Waals surface area contributed by atoms with E-state index in [2.05, 4.69) is 15.5 Å². The molecule has 0 aliphatic rings. The Morgan fingerprint density at radius 2 is 2.12 bits per heavy atom. The number of carbonyl (C=O) groups is 1. The molecule has 0 saturated heterocycles. The van der Waals surface area contributed by atoms with Crippen molar-refractivity contribution in [1.82, 2.24) is 15.5 Å². The summed E-state index contributed by atoms with van der Waals surface area (Å²) in [5.41, 5.74) is 0.873. The van der Waals surface area contributed by atoms with Crippen molar-refractivity contribution in [2.45, 2.75) is 6.54 Å². The van der Waals surface area contributed by atoms with Gasteiger partial charge in [0.05, 0.1) is 12.2 Å². The van der Waals surface area contributed by atoms with E-state index in [9.17, 15) is 9.59 Å². The first kappa shape index (κ1) is 11.5. The highest BCUT2D eigenvalue weighted by Gasteiger charge is 2.06. The number of aromatic amines is 2. The Labute approximate surface area is 102 Å². The number of hydrogen-bond donors (Lipinski definition) is 3. The summed E-state index contributed by atoms with van der Waals surface area (Å²) in [6.07, 6.45) is 0. The van der Waals surface area contributed by atoms with Crippen LogP contribution < -0.4 is 10.9 Å². The van der Waals surface area contributed by atoms with Gasteiger partial charge in [-0.25, -0.2) is 0 Å². The first-order valence-corrected chi connectivity index (χ1v) is 5.33. The second-order valence-electron chi connectivity index (χ2n) is 3.48. The number of carbonyl (C=O) groups excluding carboxylic acids is 1. The molecule has 0 aliphatic carbocycles. The second kappa shape index (κ2) is 4.88.